The van der Waals surface area contributed by atoms with Gasteiger partial charge < -0.3 is 15.5 Å². The molecule has 20 heavy (non-hydrogen) atoms. The third-order valence-corrected chi connectivity index (χ3v) is 4.42. The van der Waals surface area contributed by atoms with Crippen molar-refractivity contribution in [3.8, 4) is 5.75 Å². The van der Waals surface area contributed by atoms with E-state index in [0.717, 1.165) is 47.1 Å². The van der Waals surface area contributed by atoms with Gasteiger partial charge in [0.15, 0.2) is 5.16 Å². The SMILES string of the molecule is COc1ccc2nc(SCCCC(C)(C)CN)[nH]c2c1. The fraction of sp³-hybridized carbons (Fsp3) is 0.533. The van der Waals surface area contributed by atoms with Crippen molar-refractivity contribution in [2.24, 2.45) is 11.1 Å². The summed E-state index contributed by atoms with van der Waals surface area (Å²) in [6.07, 6.45) is 2.29. The van der Waals surface area contributed by atoms with Gasteiger partial charge >= 0.3 is 0 Å². The molecule has 0 saturated carbocycles. The summed E-state index contributed by atoms with van der Waals surface area (Å²) >= 11 is 1.76. The van der Waals surface area contributed by atoms with Gasteiger partial charge in [0.1, 0.15) is 5.75 Å². The first-order valence-corrected chi connectivity index (χ1v) is 7.89. The van der Waals surface area contributed by atoms with Crippen LogP contribution < -0.4 is 10.5 Å². The van der Waals surface area contributed by atoms with Gasteiger partial charge in [0.2, 0.25) is 0 Å². The number of rotatable bonds is 7. The number of methoxy groups -OCH3 is 1. The van der Waals surface area contributed by atoms with Crippen LogP contribution in [0.25, 0.3) is 11.0 Å². The van der Waals surface area contributed by atoms with E-state index < -0.39 is 0 Å². The predicted molar refractivity (Wildman–Crippen MR) is 85.4 cm³/mol. The number of nitrogens with two attached hydrogens (primary N) is 1. The first-order chi connectivity index (χ1) is 9.54. The maximum Gasteiger partial charge on any atom is 0.166 e. The second-order valence-electron chi connectivity index (χ2n) is 5.75. The molecule has 0 amide bonds. The maximum absolute atomic E-state index is 5.74. The Bertz CT molecular complexity index is 565. The molecule has 3 N–H and O–H groups in total. The fourth-order valence-electron chi connectivity index (χ4n) is 1.98. The smallest absolute Gasteiger partial charge is 0.166 e. The Kier molecular flexibility index (Phi) is 4.94. The lowest BCUT2D eigenvalue weighted by Gasteiger charge is -2.21. The summed E-state index contributed by atoms with van der Waals surface area (Å²) in [6, 6.07) is 5.89. The second kappa shape index (κ2) is 6.50. The lowest BCUT2D eigenvalue weighted by atomic mass is 9.88. The molecule has 0 aliphatic carbocycles. The van der Waals surface area contributed by atoms with Crippen molar-refractivity contribution in [2.75, 3.05) is 19.4 Å². The van der Waals surface area contributed by atoms with Crippen LogP contribution in [0.4, 0.5) is 0 Å². The zero-order valence-electron chi connectivity index (χ0n) is 12.4. The summed E-state index contributed by atoms with van der Waals surface area (Å²) in [5, 5.41) is 0.971. The van der Waals surface area contributed by atoms with Crippen LogP contribution in [0, 0.1) is 5.41 Å². The average Bonchev–Trinajstić information content (AvgIpc) is 2.85. The molecule has 0 unspecified atom stereocenters. The average molecular weight is 293 g/mol. The van der Waals surface area contributed by atoms with Gasteiger partial charge in [-0.15, -0.1) is 0 Å². The Labute approximate surface area is 124 Å². The lowest BCUT2D eigenvalue weighted by Crippen LogP contribution is -2.23. The van der Waals surface area contributed by atoms with E-state index in [1.807, 2.05) is 18.2 Å². The van der Waals surface area contributed by atoms with E-state index >= 15 is 0 Å². The Hall–Kier alpha value is -1.20. The number of benzene rings is 1. The Balaban J connectivity index is 1.90. The highest BCUT2D eigenvalue weighted by Crippen LogP contribution is 2.26. The van der Waals surface area contributed by atoms with Crippen LogP contribution in [0.5, 0.6) is 5.75 Å². The Morgan fingerprint density at radius 1 is 1.40 bits per heavy atom. The fourth-order valence-corrected chi connectivity index (χ4v) is 2.81. The largest absolute Gasteiger partial charge is 0.497 e. The van der Waals surface area contributed by atoms with Gasteiger partial charge in [-0.25, -0.2) is 4.98 Å². The van der Waals surface area contributed by atoms with E-state index in [4.69, 9.17) is 10.5 Å². The zero-order valence-corrected chi connectivity index (χ0v) is 13.2. The van der Waals surface area contributed by atoms with Gasteiger partial charge in [-0.05, 0) is 36.9 Å². The number of ether oxygens (including phenoxy) is 1. The van der Waals surface area contributed by atoms with E-state index in [2.05, 4.69) is 23.8 Å². The van der Waals surface area contributed by atoms with E-state index in [9.17, 15) is 0 Å². The molecule has 0 saturated heterocycles. The van der Waals surface area contributed by atoms with Crippen LogP contribution in [0.15, 0.2) is 23.4 Å². The molecule has 5 heteroatoms. The number of imidazole rings is 1. The number of hydrogen-bond donors (Lipinski definition) is 2. The normalized spacial score (nSPS) is 12.0. The summed E-state index contributed by atoms with van der Waals surface area (Å²) in [6.45, 7) is 5.17. The summed E-state index contributed by atoms with van der Waals surface area (Å²) in [5.74, 6) is 1.91. The maximum atomic E-state index is 5.74. The molecule has 0 atom stereocenters. The van der Waals surface area contributed by atoms with E-state index in [-0.39, 0.29) is 5.41 Å². The number of aromatic nitrogens is 2. The van der Waals surface area contributed by atoms with Crippen LogP contribution in [0.3, 0.4) is 0 Å². The topological polar surface area (TPSA) is 63.9 Å². The molecule has 1 aromatic heterocycles. The summed E-state index contributed by atoms with van der Waals surface area (Å²) in [5.41, 5.74) is 7.98. The van der Waals surface area contributed by atoms with Crippen molar-refractivity contribution < 1.29 is 4.74 Å². The molecular weight excluding hydrogens is 270 g/mol. The first-order valence-electron chi connectivity index (χ1n) is 6.91. The third-order valence-electron chi connectivity index (χ3n) is 3.46. The van der Waals surface area contributed by atoms with E-state index in [1.54, 1.807) is 18.9 Å². The zero-order chi connectivity index (χ0) is 14.6. The van der Waals surface area contributed by atoms with E-state index in [0.29, 0.717) is 0 Å². The molecule has 1 heterocycles. The number of fused-ring (bicyclic) bond motifs is 1. The van der Waals surface area contributed by atoms with Crippen molar-refractivity contribution in [2.45, 2.75) is 31.8 Å². The molecule has 2 aromatic rings. The van der Waals surface area contributed by atoms with Crippen molar-refractivity contribution >= 4 is 22.8 Å². The highest BCUT2D eigenvalue weighted by molar-refractivity contribution is 7.99. The molecule has 110 valence electrons. The van der Waals surface area contributed by atoms with Gasteiger partial charge in [0, 0.05) is 11.8 Å². The molecule has 4 nitrogen and oxygen atoms in total. The molecule has 0 bridgehead atoms. The Morgan fingerprint density at radius 2 is 2.20 bits per heavy atom. The number of hydrogen-bond acceptors (Lipinski definition) is 4. The second-order valence-corrected chi connectivity index (χ2v) is 6.83. The molecule has 0 fully saturated rings. The minimum absolute atomic E-state index is 0.238. The lowest BCUT2D eigenvalue weighted by molar-refractivity contribution is 0.345. The van der Waals surface area contributed by atoms with Crippen molar-refractivity contribution in [1.82, 2.24) is 9.97 Å². The molecular formula is C15H23N3OS. The molecule has 0 aliphatic rings. The quantitative estimate of drug-likeness (QED) is 0.606. The molecule has 0 radical (unpaired) electrons. The third kappa shape index (κ3) is 3.90. The van der Waals surface area contributed by atoms with Gasteiger partial charge in [-0.1, -0.05) is 25.6 Å². The summed E-state index contributed by atoms with van der Waals surface area (Å²) in [4.78, 5) is 7.90. The molecule has 0 aliphatic heterocycles. The standard InChI is InChI=1S/C15H23N3OS/c1-15(2,10-16)7-4-8-20-14-17-12-6-5-11(19-3)9-13(12)18-14/h5-6,9H,4,7-8,10,16H2,1-3H3,(H,17,18). The minimum Gasteiger partial charge on any atom is -0.497 e. The number of thioether (sulfide) groups is 1. The van der Waals surface area contributed by atoms with Crippen LogP contribution in [-0.2, 0) is 0 Å². The first kappa shape index (κ1) is 15.2. The predicted octanol–water partition coefficient (Wildman–Crippen LogP) is 3.43. The molecule has 1 aromatic carbocycles. The van der Waals surface area contributed by atoms with Crippen molar-refractivity contribution in [3.05, 3.63) is 18.2 Å². The van der Waals surface area contributed by atoms with Crippen LogP contribution in [-0.4, -0.2) is 29.4 Å². The number of H-pyrrole nitrogens is 1. The minimum atomic E-state index is 0.238. The van der Waals surface area contributed by atoms with Gasteiger partial charge in [-0.3, -0.25) is 0 Å². The van der Waals surface area contributed by atoms with Crippen LogP contribution >= 0.6 is 11.8 Å². The Morgan fingerprint density at radius 3 is 2.90 bits per heavy atom. The van der Waals surface area contributed by atoms with Gasteiger partial charge in [-0.2, -0.15) is 0 Å². The van der Waals surface area contributed by atoms with Gasteiger partial charge in [0.05, 0.1) is 18.1 Å². The highest BCUT2D eigenvalue weighted by atomic mass is 32.2. The number of aromatic amines is 1. The van der Waals surface area contributed by atoms with E-state index in [1.165, 1.54) is 0 Å². The summed E-state index contributed by atoms with van der Waals surface area (Å²) < 4.78 is 5.21. The number of nitrogens with one attached hydrogen (secondary N) is 1. The van der Waals surface area contributed by atoms with Crippen molar-refractivity contribution in [3.63, 3.8) is 0 Å². The van der Waals surface area contributed by atoms with Crippen molar-refractivity contribution in [1.29, 1.82) is 0 Å². The van der Waals surface area contributed by atoms with Crippen LogP contribution in [0.1, 0.15) is 26.7 Å². The monoisotopic (exact) mass is 293 g/mol. The number of nitrogens with zero attached hydrogens (tertiary/aromatic N) is 1. The highest BCUT2D eigenvalue weighted by Gasteiger charge is 2.14. The van der Waals surface area contributed by atoms with Gasteiger partial charge in [0.25, 0.3) is 0 Å². The van der Waals surface area contributed by atoms with Crippen LogP contribution in [0.2, 0.25) is 0 Å². The summed E-state index contributed by atoms with van der Waals surface area (Å²) in [7, 11) is 1.67. The molecule has 0 spiro atoms. The molecule has 2 rings (SSSR count).